The van der Waals surface area contributed by atoms with E-state index in [0.29, 0.717) is 16.7 Å². The van der Waals surface area contributed by atoms with Crippen LogP contribution in [0, 0.1) is 51.9 Å². The van der Waals surface area contributed by atoms with Gasteiger partial charge in [0.2, 0.25) is 23.6 Å². The minimum atomic E-state index is -1.41. The summed E-state index contributed by atoms with van der Waals surface area (Å²) in [4.78, 5) is 69.5. The van der Waals surface area contributed by atoms with Crippen LogP contribution in [-0.2, 0) is 19.2 Å². The Morgan fingerprint density at radius 1 is 0.957 bits per heavy atom. The molecule has 1 saturated carbocycles. The monoisotopic (exact) mass is 643 g/mol. The van der Waals surface area contributed by atoms with Crippen LogP contribution in [0.4, 0.5) is 21.5 Å². The number of phenols is 1. The van der Waals surface area contributed by atoms with Crippen LogP contribution in [-0.4, -0.2) is 33.7 Å². The van der Waals surface area contributed by atoms with E-state index in [2.05, 4.69) is 0 Å². The first kappa shape index (κ1) is 29.8. The number of nitrogens with zero attached hydrogens (tertiary/aromatic N) is 3. The maximum atomic E-state index is 14.5. The number of anilines is 2. The van der Waals surface area contributed by atoms with E-state index in [4.69, 9.17) is 11.6 Å². The van der Waals surface area contributed by atoms with Gasteiger partial charge >= 0.3 is 0 Å². The van der Waals surface area contributed by atoms with Crippen molar-refractivity contribution >= 4 is 52.3 Å². The summed E-state index contributed by atoms with van der Waals surface area (Å²) < 4.78 is 14.1. The molecule has 2 saturated heterocycles. The molecule has 7 rings (SSSR count). The molecular weight excluding hydrogens is 617 g/mol. The molecule has 0 spiro atoms. The molecule has 4 amide bonds. The van der Waals surface area contributed by atoms with Crippen LogP contribution in [0.2, 0.25) is 5.02 Å². The third-order valence-corrected chi connectivity index (χ3v) is 10.6. The average Bonchev–Trinajstić information content (AvgIpc) is 3.40. The summed E-state index contributed by atoms with van der Waals surface area (Å²) in [5, 5.41) is 22.5. The van der Waals surface area contributed by atoms with E-state index in [9.17, 15) is 38.8 Å². The second kappa shape index (κ2) is 10.3. The minimum absolute atomic E-state index is 0.0493. The summed E-state index contributed by atoms with van der Waals surface area (Å²) in [5.41, 5.74) is 0.132. The largest absolute Gasteiger partial charge is 0.507 e. The number of para-hydroxylation sites is 1. The topological polar surface area (TPSA) is 138 Å². The molecule has 3 aromatic rings. The molecule has 10 nitrogen and oxygen atoms in total. The molecule has 46 heavy (non-hydrogen) atoms. The quantitative estimate of drug-likeness (QED) is 0.163. The van der Waals surface area contributed by atoms with E-state index < -0.39 is 69.4 Å². The summed E-state index contributed by atoms with van der Waals surface area (Å²) in [7, 11) is 0. The third kappa shape index (κ3) is 4.00. The first-order chi connectivity index (χ1) is 21.9. The van der Waals surface area contributed by atoms with Gasteiger partial charge in [0.05, 0.1) is 44.5 Å². The van der Waals surface area contributed by atoms with Crippen LogP contribution in [0.15, 0.2) is 72.3 Å². The number of aryl methyl sites for hydroxylation is 1. The van der Waals surface area contributed by atoms with Crippen molar-refractivity contribution in [3.8, 4) is 5.75 Å². The van der Waals surface area contributed by atoms with Crippen LogP contribution in [0.1, 0.15) is 36.8 Å². The third-order valence-electron chi connectivity index (χ3n) is 10.3. The van der Waals surface area contributed by atoms with Gasteiger partial charge in [-0.05, 0) is 62.4 Å². The number of carbonyl (C=O) groups excluding carboxylic acids is 4. The van der Waals surface area contributed by atoms with Gasteiger partial charge in [0.1, 0.15) is 11.6 Å². The zero-order valence-corrected chi connectivity index (χ0v) is 25.4. The summed E-state index contributed by atoms with van der Waals surface area (Å²) in [6, 6.07) is 14.1. The smallest absolute Gasteiger partial charge is 0.271 e. The lowest BCUT2D eigenvalue weighted by Gasteiger charge is -2.49. The fraction of sp³-hybridized carbons (Fsp3) is 0.294. The SMILES string of the molecule is Cc1cccc([C@H]2C3=CC[C@@H]4C(=O)N(c5cccc([N+](=O)[O-])c5)C(=O)[C@@H]4[C@@H]3C[C@H]3C(=O)N(c4ccc(F)c(Cl)c4)C(=O)[C@@]23C)c1O. The van der Waals surface area contributed by atoms with Crippen LogP contribution < -0.4 is 9.80 Å². The van der Waals surface area contributed by atoms with Crippen LogP contribution >= 0.6 is 11.6 Å². The molecule has 0 radical (unpaired) electrons. The number of fused-ring (bicyclic) bond motifs is 4. The molecule has 2 aliphatic carbocycles. The Hall–Kier alpha value is -4.90. The number of hydrogen-bond acceptors (Lipinski definition) is 7. The molecule has 234 valence electrons. The van der Waals surface area contributed by atoms with E-state index in [0.717, 1.165) is 15.9 Å². The van der Waals surface area contributed by atoms with Gasteiger partial charge < -0.3 is 5.11 Å². The van der Waals surface area contributed by atoms with Gasteiger partial charge in [-0.2, -0.15) is 0 Å². The Balaban J connectivity index is 1.37. The predicted octanol–water partition coefficient (Wildman–Crippen LogP) is 5.84. The number of non-ortho nitro benzene ring substituents is 1. The molecule has 3 aromatic carbocycles. The van der Waals surface area contributed by atoms with Gasteiger partial charge in [-0.1, -0.05) is 47.5 Å². The van der Waals surface area contributed by atoms with Gasteiger partial charge in [-0.3, -0.25) is 29.3 Å². The second-order valence-corrected chi connectivity index (χ2v) is 13.0. The van der Waals surface area contributed by atoms with E-state index in [-0.39, 0.29) is 40.7 Å². The number of imide groups is 2. The average molecular weight is 644 g/mol. The number of aromatic hydroxyl groups is 1. The van der Waals surface area contributed by atoms with Gasteiger partial charge in [-0.25, -0.2) is 14.2 Å². The molecule has 2 heterocycles. The van der Waals surface area contributed by atoms with Crippen molar-refractivity contribution in [3.63, 3.8) is 0 Å². The van der Waals surface area contributed by atoms with Gasteiger partial charge in [0, 0.05) is 23.6 Å². The number of carbonyl (C=O) groups is 4. The summed E-state index contributed by atoms with van der Waals surface area (Å²) in [5.74, 6) is -7.05. The van der Waals surface area contributed by atoms with E-state index in [1.165, 1.54) is 36.4 Å². The molecule has 1 N–H and O–H groups in total. The maximum Gasteiger partial charge on any atom is 0.271 e. The van der Waals surface area contributed by atoms with Crippen LogP contribution in [0.5, 0.6) is 5.75 Å². The van der Waals surface area contributed by atoms with Crippen LogP contribution in [0.25, 0.3) is 0 Å². The number of halogens is 2. The van der Waals surface area contributed by atoms with E-state index >= 15 is 0 Å². The number of hydrogen-bond donors (Lipinski definition) is 1. The number of benzene rings is 3. The molecule has 0 aromatic heterocycles. The van der Waals surface area contributed by atoms with Crippen molar-refractivity contribution < 1.29 is 33.6 Å². The lowest BCUT2D eigenvalue weighted by atomic mass is 9.51. The highest BCUT2D eigenvalue weighted by molar-refractivity contribution is 6.32. The van der Waals surface area contributed by atoms with Crippen molar-refractivity contribution in [1.29, 1.82) is 0 Å². The number of nitro groups is 1. The highest BCUT2D eigenvalue weighted by Crippen LogP contribution is 2.64. The molecule has 2 aliphatic heterocycles. The Morgan fingerprint density at radius 2 is 1.67 bits per heavy atom. The van der Waals surface area contributed by atoms with Crippen molar-refractivity contribution in [3.05, 3.63) is 104 Å². The Kier molecular flexibility index (Phi) is 6.68. The number of allylic oxidation sites excluding steroid dienone is 2. The predicted molar refractivity (Wildman–Crippen MR) is 164 cm³/mol. The summed E-state index contributed by atoms with van der Waals surface area (Å²) >= 11 is 6.04. The van der Waals surface area contributed by atoms with Gasteiger partial charge in [0.25, 0.3) is 5.69 Å². The fourth-order valence-electron chi connectivity index (χ4n) is 8.14. The van der Waals surface area contributed by atoms with Crippen molar-refractivity contribution in [2.75, 3.05) is 9.80 Å². The number of phenolic OH excluding ortho intramolecular Hbond substituents is 1. The first-order valence-electron chi connectivity index (χ1n) is 14.8. The second-order valence-electron chi connectivity index (χ2n) is 12.6. The number of rotatable bonds is 4. The summed E-state index contributed by atoms with van der Waals surface area (Å²) in [6.45, 7) is 3.39. The Labute approximate surface area is 267 Å². The number of nitro benzene ring substituents is 1. The summed E-state index contributed by atoms with van der Waals surface area (Å²) in [6.07, 6.45) is 2.07. The first-order valence-corrected chi connectivity index (χ1v) is 15.2. The Bertz CT molecular complexity index is 1950. The standard InChI is InChI=1S/C34H27ClFN3O7/c1-16-5-3-8-22(29(16)40)28-20-10-11-21-27(32(43)37(30(21)41)17-6-4-7-19(13-17)39(45)46)23(20)15-24-31(42)38(33(44)34(24,28)2)18-9-12-26(36)25(35)14-18/h3-10,12-14,21,23-24,27-28,40H,11,15H2,1-2H3/t21-,23+,24-,27-,28+,34+/m0/s1. The van der Waals surface area contributed by atoms with Gasteiger partial charge in [-0.15, -0.1) is 0 Å². The molecular formula is C34H27ClFN3O7. The van der Waals surface area contributed by atoms with E-state index in [1.54, 1.807) is 32.0 Å². The maximum absolute atomic E-state index is 14.5. The molecule has 0 unspecified atom stereocenters. The van der Waals surface area contributed by atoms with Crippen molar-refractivity contribution in [2.45, 2.75) is 32.6 Å². The molecule has 12 heteroatoms. The van der Waals surface area contributed by atoms with Crippen LogP contribution in [0.3, 0.4) is 0 Å². The zero-order valence-electron chi connectivity index (χ0n) is 24.6. The highest BCUT2D eigenvalue weighted by atomic mass is 35.5. The number of amides is 4. The van der Waals surface area contributed by atoms with Crippen molar-refractivity contribution in [1.82, 2.24) is 0 Å². The fourth-order valence-corrected chi connectivity index (χ4v) is 8.32. The molecule has 4 aliphatic rings. The lowest BCUT2D eigenvalue weighted by molar-refractivity contribution is -0.384. The normalized spacial score (nSPS) is 28.6. The van der Waals surface area contributed by atoms with Gasteiger partial charge in [0.15, 0.2) is 0 Å². The van der Waals surface area contributed by atoms with E-state index in [1.807, 2.05) is 6.08 Å². The highest BCUT2D eigenvalue weighted by Gasteiger charge is 2.68. The Morgan fingerprint density at radius 3 is 2.39 bits per heavy atom. The molecule has 0 bridgehead atoms. The lowest BCUT2D eigenvalue weighted by Crippen LogP contribution is -2.49. The van der Waals surface area contributed by atoms with Crippen molar-refractivity contribution in [2.24, 2.45) is 29.1 Å². The minimum Gasteiger partial charge on any atom is -0.507 e. The molecule has 3 fully saturated rings. The zero-order chi connectivity index (χ0) is 32.8. The molecule has 6 atom stereocenters.